The van der Waals surface area contributed by atoms with Gasteiger partial charge in [-0.1, -0.05) is 0 Å². The number of anilines is 1. The van der Waals surface area contributed by atoms with Crippen molar-refractivity contribution in [1.29, 1.82) is 0 Å². The van der Waals surface area contributed by atoms with Crippen molar-refractivity contribution >= 4 is 22.4 Å². The van der Waals surface area contributed by atoms with Gasteiger partial charge in [0, 0.05) is 18.3 Å². The Morgan fingerprint density at radius 3 is 2.70 bits per heavy atom. The van der Waals surface area contributed by atoms with Crippen LogP contribution in [-0.2, 0) is 6.54 Å². The fourth-order valence-corrected chi connectivity index (χ4v) is 2.52. The topological polar surface area (TPSA) is 51.3 Å². The van der Waals surface area contributed by atoms with E-state index in [0.29, 0.717) is 12.6 Å². The number of aryl methyl sites for hydroxylation is 1. The summed E-state index contributed by atoms with van der Waals surface area (Å²) in [6.45, 7) is 6.58. The van der Waals surface area contributed by atoms with Gasteiger partial charge < -0.3 is 0 Å². The number of aromatic nitrogens is 2. The lowest BCUT2D eigenvalue weighted by Gasteiger charge is -2.04. The lowest BCUT2D eigenvalue weighted by Crippen LogP contribution is -2.23. The molecule has 0 spiro atoms. The summed E-state index contributed by atoms with van der Waals surface area (Å²) in [5, 5.41) is 4.21. The highest BCUT2D eigenvalue weighted by Gasteiger charge is 2.28. The maximum atomic E-state index is 12.5. The van der Waals surface area contributed by atoms with Crippen LogP contribution in [0.25, 0.3) is 11.0 Å². The Morgan fingerprint density at radius 1 is 1.35 bits per heavy atom. The molecular formula is C15H20N4O. The normalized spacial score (nSPS) is 14.6. The van der Waals surface area contributed by atoms with Crippen molar-refractivity contribution in [3.8, 4) is 0 Å². The second-order valence-corrected chi connectivity index (χ2v) is 5.50. The van der Waals surface area contributed by atoms with Crippen molar-refractivity contribution in [3.05, 3.63) is 28.7 Å². The summed E-state index contributed by atoms with van der Waals surface area (Å²) >= 11 is 0. The number of hydrazone groups is 1. The van der Waals surface area contributed by atoms with Crippen molar-refractivity contribution in [2.45, 2.75) is 46.2 Å². The standard InChI is InChI=1S/C15H20N4O/c1-4-18-14-9-11(17-16-10(2)3)5-8-13(14)19(15(18)20)12-6-7-12/h5,8-9,12,17H,4,6-7H2,1-3H3. The van der Waals surface area contributed by atoms with Gasteiger partial charge in [0.15, 0.2) is 0 Å². The van der Waals surface area contributed by atoms with Crippen molar-refractivity contribution in [2.75, 3.05) is 5.43 Å². The van der Waals surface area contributed by atoms with Crippen LogP contribution in [0.2, 0.25) is 0 Å². The van der Waals surface area contributed by atoms with Crippen LogP contribution in [-0.4, -0.2) is 14.8 Å². The summed E-state index contributed by atoms with van der Waals surface area (Å²) in [6.07, 6.45) is 2.23. The molecule has 0 radical (unpaired) electrons. The summed E-state index contributed by atoms with van der Waals surface area (Å²) in [7, 11) is 0. The van der Waals surface area contributed by atoms with Crippen LogP contribution in [0.3, 0.4) is 0 Å². The first-order chi connectivity index (χ1) is 9.61. The molecule has 1 aliphatic rings. The van der Waals surface area contributed by atoms with Gasteiger partial charge in [-0.05, 0) is 51.8 Å². The Morgan fingerprint density at radius 2 is 2.10 bits per heavy atom. The van der Waals surface area contributed by atoms with E-state index < -0.39 is 0 Å². The monoisotopic (exact) mass is 272 g/mol. The number of hydrogen-bond donors (Lipinski definition) is 1. The van der Waals surface area contributed by atoms with Crippen LogP contribution < -0.4 is 11.1 Å². The first-order valence-corrected chi connectivity index (χ1v) is 7.13. The molecule has 0 amide bonds. The molecule has 5 nitrogen and oxygen atoms in total. The molecular weight excluding hydrogens is 252 g/mol. The molecule has 1 aliphatic carbocycles. The van der Waals surface area contributed by atoms with Crippen LogP contribution in [0.5, 0.6) is 0 Å². The third kappa shape index (κ3) is 2.13. The molecule has 3 rings (SSSR count). The first-order valence-electron chi connectivity index (χ1n) is 7.13. The number of hydrogen-bond acceptors (Lipinski definition) is 3. The number of nitrogens with one attached hydrogen (secondary N) is 1. The van der Waals surface area contributed by atoms with E-state index in [2.05, 4.69) is 10.5 Å². The van der Waals surface area contributed by atoms with E-state index in [4.69, 9.17) is 0 Å². The molecule has 20 heavy (non-hydrogen) atoms. The quantitative estimate of drug-likeness (QED) is 0.687. The van der Waals surface area contributed by atoms with Crippen LogP contribution in [0.4, 0.5) is 5.69 Å². The number of nitrogens with zero attached hydrogens (tertiary/aromatic N) is 3. The predicted octanol–water partition coefficient (Wildman–Crippen LogP) is 2.97. The Bertz CT molecular complexity index is 730. The zero-order chi connectivity index (χ0) is 14.3. The zero-order valence-electron chi connectivity index (χ0n) is 12.2. The molecule has 1 aromatic carbocycles. The summed E-state index contributed by atoms with van der Waals surface area (Å²) in [6, 6.07) is 6.40. The minimum atomic E-state index is 0.109. The first kappa shape index (κ1) is 13.0. The summed E-state index contributed by atoms with van der Waals surface area (Å²) in [5.41, 5.74) is 7.02. The van der Waals surface area contributed by atoms with Gasteiger partial charge in [0.2, 0.25) is 0 Å². The molecule has 106 valence electrons. The highest BCUT2D eigenvalue weighted by atomic mass is 16.1. The molecule has 0 unspecified atom stereocenters. The van der Waals surface area contributed by atoms with Gasteiger partial charge in [0.25, 0.3) is 0 Å². The average Bonchev–Trinajstić information content (AvgIpc) is 3.20. The smallest absolute Gasteiger partial charge is 0.292 e. The van der Waals surface area contributed by atoms with Crippen LogP contribution >= 0.6 is 0 Å². The van der Waals surface area contributed by atoms with E-state index in [-0.39, 0.29) is 5.69 Å². The largest absolute Gasteiger partial charge is 0.329 e. The fraction of sp³-hybridized carbons (Fsp3) is 0.467. The van der Waals surface area contributed by atoms with E-state index >= 15 is 0 Å². The molecule has 1 N–H and O–H groups in total. The highest BCUT2D eigenvalue weighted by Crippen LogP contribution is 2.36. The van der Waals surface area contributed by atoms with Crippen LogP contribution in [0.15, 0.2) is 28.1 Å². The molecule has 1 heterocycles. The maximum absolute atomic E-state index is 12.5. The Labute approximate surface area is 117 Å². The molecule has 0 saturated heterocycles. The summed E-state index contributed by atoms with van der Waals surface area (Å²) in [4.78, 5) is 12.5. The zero-order valence-corrected chi connectivity index (χ0v) is 12.2. The van der Waals surface area contributed by atoms with E-state index in [1.807, 2.05) is 48.1 Å². The van der Waals surface area contributed by atoms with Crippen LogP contribution in [0.1, 0.15) is 39.7 Å². The second kappa shape index (κ2) is 4.81. The molecule has 0 bridgehead atoms. The van der Waals surface area contributed by atoms with Gasteiger partial charge in [-0.15, -0.1) is 0 Å². The van der Waals surface area contributed by atoms with E-state index in [1.165, 1.54) is 0 Å². The third-order valence-electron chi connectivity index (χ3n) is 3.60. The Hall–Kier alpha value is -2.04. The maximum Gasteiger partial charge on any atom is 0.329 e. The number of imidazole rings is 1. The predicted molar refractivity (Wildman–Crippen MR) is 82.5 cm³/mol. The summed E-state index contributed by atoms with van der Waals surface area (Å²) < 4.78 is 3.78. The molecule has 1 aromatic heterocycles. The van der Waals surface area contributed by atoms with Gasteiger partial charge in [-0.2, -0.15) is 5.10 Å². The SMILES string of the molecule is CCn1c(=O)n(C2CC2)c2ccc(NN=C(C)C)cc21. The number of benzene rings is 1. The molecule has 0 atom stereocenters. The Balaban J connectivity index is 2.13. The number of fused-ring (bicyclic) bond motifs is 1. The molecule has 5 heteroatoms. The lowest BCUT2D eigenvalue weighted by molar-refractivity contribution is 0.660. The lowest BCUT2D eigenvalue weighted by atomic mass is 10.2. The van der Waals surface area contributed by atoms with Gasteiger partial charge in [-0.3, -0.25) is 14.6 Å². The van der Waals surface area contributed by atoms with Gasteiger partial charge in [-0.25, -0.2) is 4.79 Å². The number of rotatable bonds is 4. The highest BCUT2D eigenvalue weighted by molar-refractivity contribution is 5.82. The molecule has 2 aromatic rings. The Kier molecular flexibility index (Phi) is 3.12. The molecule has 0 aliphatic heterocycles. The second-order valence-electron chi connectivity index (χ2n) is 5.50. The minimum absolute atomic E-state index is 0.109. The van der Waals surface area contributed by atoms with Crippen molar-refractivity contribution in [3.63, 3.8) is 0 Å². The average molecular weight is 272 g/mol. The van der Waals surface area contributed by atoms with Crippen molar-refractivity contribution in [2.24, 2.45) is 5.10 Å². The van der Waals surface area contributed by atoms with Gasteiger partial charge >= 0.3 is 5.69 Å². The molecule has 1 saturated carbocycles. The van der Waals surface area contributed by atoms with Gasteiger partial charge in [0.05, 0.1) is 16.7 Å². The third-order valence-corrected chi connectivity index (χ3v) is 3.60. The van der Waals surface area contributed by atoms with Gasteiger partial charge in [0.1, 0.15) is 0 Å². The van der Waals surface area contributed by atoms with Crippen LogP contribution in [0, 0.1) is 0 Å². The minimum Gasteiger partial charge on any atom is -0.292 e. The summed E-state index contributed by atoms with van der Waals surface area (Å²) in [5.74, 6) is 0. The molecule has 1 fully saturated rings. The van der Waals surface area contributed by atoms with Crippen molar-refractivity contribution < 1.29 is 0 Å². The van der Waals surface area contributed by atoms with E-state index in [9.17, 15) is 4.79 Å². The fourth-order valence-electron chi connectivity index (χ4n) is 2.52. The van der Waals surface area contributed by atoms with E-state index in [1.54, 1.807) is 0 Å². The van der Waals surface area contributed by atoms with E-state index in [0.717, 1.165) is 35.3 Å². The van der Waals surface area contributed by atoms with Crippen molar-refractivity contribution in [1.82, 2.24) is 9.13 Å².